The minimum absolute atomic E-state index is 0.00681. The van der Waals surface area contributed by atoms with Gasteiger partial charge < -0.3 is 4.74 Å². The summed E-state index contributed by atoms with van der Waals surface area (Å²) in [6.45, 7) is 6.90. The number of benzene rings is 5. The Balaban J connectivity index is 1.28. The van der Waals surface area contributed by atoms with Crippen LogP contribution in [0.25, 0.3) is 77.6 Å². The molecular weight excluding hydrogens is 615 g/mol. The predicted molar refractivity (Wildman–Crippen MR) is 195 cm³/mol. The van der Waals surface area contributed by atoms with E-state index >= 15 is 0 Å². The van der Waals surface area contributed by atoms with Crippen molar-refractivity contribution in [3.8, 4) is 33.9 Å². The first-order chi connectivity index (χ1) is 24.4. The van der Waals surface area contributed by atoms with Gasteiger partial charge in [0.1, 0.15) is 39.2 Å². The molecule has 1 unspecified atom stereocenters. The van der Waals surface area contributed by atoms with Crippen LogP contribution in [0.3, 0.4) is 0 Å². The molecule has 3 aliphatic heterocycles. The van der Waals surface area contributed by atoms with Gasteiger partial charge >= 0.3 is 11.3 Å². The second kappa shape index (κ2) is 7.95. The number of nitrogens with zero attached hydrogens (tertiary/aromatic N) is 5. The lowest BCUT2D eigenvalue weighted by Crippen LogP contribution is -2.71. The molecule has 6 nitrogen and oxygen atoms in total. The molecule has 0 saturated carbocycles. The summed E-state index contributed by atoms with van der Waals surface area (Å²) < 4.78 is 17.1. The van der Waals surface area contributed by atoms with E-state index in [1.54, 1.807) is 0 Å². The summed E-state index contributed by atoms with van der Waals surface area (Å²) in [5.74, 6) is 1.81. The maximum atomic E-state index is 7.04. The van der Waals surface area contributed by atoms with Gasteiger partial charge in [-0.2, -0.15) is 4.40 Å². The largest absolute Gasteiger partial charge is 0.456 e. The highest BCUT2D eigenvalue weighted by atomic mass is 16.5. The molecule has 0 radical (unpaired) electrons. The van der Waals surface area contributed by atoms with Crippen molar-refractivity contribution >= 4 is 55.2 Å². The highest BCUT2D eigenvalue weighted by Gasteiger charge is 2.69. The maximum absolute atomic E-state index is 7.04. The van der Waals surface area contributed by atoms with Gasteiger partial charge in [0.25, 0.3) is 0 Å². The molecule has 0 N–H and O–H groups in total. The third kappa shape index (κ3) is 2.58. The van der Waals surface area contributed by atoms with Crippen LogP contribution in [0.2, 0.25) is 0 Å². The molecule has 1 spiro atoms. The summed E-state index contributed by atoms with van der Waals surface area (Å²) in [7, 11) is 0. The van der Waals surface area contributed by atoms with Gasteiger partial charge in [-0.15, -0.1) is 9.13 Å². The van der Waals surface area contributed by atoms with Gasteiger partial charge in [-0.25, -0.2) is 4.98 Å². The quantitative estimate of drug-likeness (QED) is 0.168. The molecule has 234 valence electrons. The van der Waals surface area contributed by atoms with E-state index in [2.05, 4.69) is 160 Å². The Morgan fingerprint density at radius 1 is 0.700 bits per heavy atom. The van der Waals surface area contributed by atoms with Crippen LogP contribution in [0.15, 0.2) is 121 Å². The van der Waals surface area contributed by atoms with Crippen molar-refractivity contribution in [1.29, 1.82) is 0 Å². The van der Waals surface area contributed by atoms with Crippen molar-refractivity contribution in [1.82, 2.24) is 13.8 Å². The van der Waals surface area contributed by atoms with Gasteiger partial charge in [0.2, 0.25) is 5.69 Å². The Hall–Kier alpha value is -6.27. The first kappa shape index (κ1) is 25.7. The van der Waals surface area contributed by atoms with Crippen LogP contribution in [0.4, 0.5) is 0 Å². The number of hydrogen-bond acceptors (Lipinski definition) is 2. The Bertz CT molecular complexity index is 3230. The SMILES string of the molecule is CC(C)(C)c1ccccc1-c1cc[n+]2c(c1)-c1cccc3c1C21c2c(cc4ccc5nc6cccc7c6n5c4c2c2n7c4ccccc4[n+]21)O3. The monoisotopic (exact) mass is 643 g/mol. The summed E-state index contributed by atoms with van der Waals surface area (Å²) in [6, 6.07) is 42.2. The highest BCUT2D eigenvalue weighted by Crippen LogP contribution is 2.58. The number of pyridine rings is 2. The average molecular weight is 644 g/mol. The van der Waals surface area contributed by atoms with Gasteiger partial charge in [0.15, 0.2) is 22.7 Å². The van der Waals surface area contributed by atoms with E-state index in [-0.39, 0.29) is 5.41 Å². The fourth-order valence-corrected chi connectivity index (χ4v) is 10.0. The van der Waals surface area contributed by atoms with E-state index in [0.717, 1.165) is 39.1 Å². The first-order valence-electron chi connectivity index (χ1n) is 17.4. The lowest BCUT2D eigenvalue weighted by Gasteiger charge is -2.28. The molecule has 3 aliphatic rings. The molecule has 5 aromatic heterocycles. The van der Waals surface area contributed by atoms with Gasteiger partial charge in [0.05, 0.1) is 16.6 Å². The molecule has 50 heavy (non-hydrogen) atoms. The average Bonchev–Trinajstić information content (AvgIpc) is 3.83. The molecule has 0 amide bonds. The number of rotatable bonds is 1. The zero-order valence-electron chi connectivity index (χ0n) is 27.7. The molecule has 5 aromatic carbocycles. The fourth-order valence-electron chi connectivity index (χ4n) is 10.0. The third-order valence-electron chi connectivity index (χ3n) is 11.8. The number of imidazole rings is 2. The molecular formula is C44H29N5O+2. The zero-order valence-corrected chi connectivity index (χ0v) is 27.7. The topological polar surface area (TPSA) is 38.7 Å². The molecule has 10 aromatic rings. The number of ether oxygens (including phenoxy) is 1. The fraction of sp³-hybridized carbons (Fsp3) is 0.114. The minimum Gasteiger partial charge on any atom is -0.456 e. The van der Waals surface area contributed by atoms with Crippen LogP contribution < -0.4 is 13.9 Å². The first-order valence-corrected chi connectivity index (χ1v) is 17.4. The Morgan fingerprint density at radius 3 is 2.44 bits per heavy atom. The second-order valence-corrected chi connectivity index (χ2v) is 15.2. The van der Waals surface area contributed by atoms with Crippen molar-refractivity contribution in [3.05, 3.63) is 138 Å². The smallest absolute Gasteiger partial charge is 0.372 e. The zero-order chi connectivity index (χ0) is 32.8. The van der Waals surface area contributed by atoms with E-state index in [1.165, 1.54) is 66.7 Å². The van der Waals surface area contributed by atoms with Crippen molar-refractivity contribution in [2.45, 2.75) is 31.8 Å². The van der Waals surface area contributed by atoms with E-state index in [4.69, 9.17) is 9.72 Å². The van der Waals surface area contributed by atoms with Crippen molar-refractivity contribution < 1.29 is 13.9 Å². The van der Waals surface area contributed by atoms with Crippen molar-refractivity contribution in [2.24, 2.45) is 0 Å². The third-order valence-corrected chi connectivity index (χ3v) is 11.8. The summed E-state index contributed by atoms with van der Waals surface area (Å²) >= 11 is 0. The maximum Gasteiger partial charge on any atom is 0.372 e. The van der Waals surface area contributed by atoms with E-state index in [1.807, 2.05) is 0 Å². The second-order valence-electron chi connectivity index (χ2n) is 15.2. The number of para-hydroxylation sites is 3. The lowest BCUT2D eigenvalue weighted by atomic mass is 9.82. The summed E-state index contributed by atoms with van der Waals surface area (Å²) in [6.07, 6.45) is 2.33. The van der Waals surface area contributed by atoms with Crippen LogP contribution in [0.1, 0.15) is 37.5 Å². The van der Waals surface area contributed by atoms with Gasteiger partial charge in [0, 0.05) is 17.5 Å². The van der Waals surface area contributed by atoms with Crippen LogP contribution in [-0.2, 0) is 11.1 Å². The summed E-state index contributed by atoms with van der Waals surface area (Å²) in [4.78, 5) is 5.15. The van der Waals surface area contributed by atoms with Crippen molar-refractivity contribution in [3.63, 3.8) is 0 Å². The molecule has 1 atom stereocenters. The highest BCUT2D eigenvalue weighted by molar-refractivity contribution is 6.14. The molecule has 13 rings (SSSR count). The van der Waals surface area contributed by atoms with Crippen LogP contribution in [0.5, 0.6) is 11.5 Å². The standard InChI is InChI=1S/C44H29N5O/c1-43(2,3)28-12-5-4-10-26(28)24-20-21-46-33(22-24)27-11-8-17-34-38(27)44(46)39-35(50-34)23-25-18-19-36-45-29-13-9-16-32-41(29)48(36)40(25)37(39)42-47(32)30-14-6-7-15-31(30)49(42)44/h4-23H,1-3H3/q+2. The Kier molecular flexibility index (Phi) is 4.09. The summed E-state index contributed by atoms with van der Waals surface area (Å²) in [5, 5.41) is 2.34. The molecule has 0 fully saturated rings. The van der Waals surface area contributed by atoms with E-state index in [9.17, 15) is 0 Å². The molecule has 6 heteroatoms. The number of fused-ring (bicyclic) bond motifs is 6. The summed E-state index contributed by atoms with van der Waals surface area (Å²) in [5.41, 5.74) is 16.8. The van der Waals surface area contributed by atoms with E-state index < -0.39 is 5.66 Å². The Morgan fingerprint density at radius 2 is 1.52 bits per heavy atom. The normalized spacial score (nSPS) is 16.9. The molecule has 0 bridgehead atoms. The van der Waals surface area contributed by atoms with Gasteiger partial charge in [-0.05, 0) is 76.7 Å². The van der Waals surface area contributed by atoms with E-state index in [0.29, 0.717) is 0 Å². The molecule has 0 saturated heterocycles. The number of aromatic nitrogens is 5. The lowest BCUT2D eigenvalue weighted by molar-refractivity contribution is -0.940. The predicted octanol–water partition coefficient (Wildman–Crippen LogP) is 8.87. The van der Waals surface area contributed by atoms with Gasteiger partial charge in [-0.1, -0.05) is 69.3 Å². The molecule has 0 aliphatic carbocycles. The van der Waals surface area contributed by atoms with Crippen LogP contribution in [-0.4, -0.2) is 13.8 Å². The van der Waals surface area contributed by atoms with Crippen molar-refractivity contribution in [2.75, 3.05) is 0 Å². The van der Waals surface area contributed by atoms with Crippen LogP contribution >= 0.6 is 0 Å². The Labute approximate surface area is 286 Å². The van der Waals surface area contributed by atoms with Gasteiger partial charge in [-0.3, -0.25) is 4.40 Å². The number of hydrogen-bond donors (Lipinski definition) is 0. The van der Waals surface area contributed by atoms with Crippen LogP contribution in [0, 0.1) is 0 Å². The minimum atomic E-state index is -0.700. The molecule has 8 heterocycles.